The number of likely N-dealkylation sites (N-methyl/N-ethyl adjacent to an activating group) is 1. The molecule has 1 unspecified atom stereocenters. The van der Waals surface area contributed by atoms with E-state index in [1.165, 1.54) is 24.9 Å². The van der Waals surface area contributed by atoms with Gasteiger partial charge >= 0.3 is 0 Å². The van der Waals surface area contributed by atoms with Crippen LogP contribution in [0.1, 0.15) is 38.2 Å². The number of halogens is 1. The molecule has 1 heterocycles. The highest BCUT2D eigenvalue weighted by Crippen LogP contribution is 2.39. The van der Waals surface area contributed by atoms with Crippen LogP contribution in [-0.2, 0) is 0 Å². The molecule has 0 N–H and O–H groups in total. The Hall–Kier alpha value is -0.530. The maximum Gasteiger partial charge on any atom is 0.0218 e. The summed E-state index contributed by atoms with van der Waals surface area (Å²) in [6.07, 6.45) is 2.64. The quantitative estimate of drug-likeness (QED) is 0.723. The molecule has 1 aromatic carbocycles. The van der Waals surface area contributed by atoms with Gasteiger partial charge in [0.1, 0.15) is 0 Å². The van der Waals surface area contributed by atoms with Gasteiger partial charge in [0.15, 0.2) is 0 Å². The van der Waals surface area contributed by atoms with E-state index in [1.807, 2.05) is 0 Å². The third-order valence-electron chi connectivity index (χ3n) is 4.02. The zero-order chi connectivity index (χ0) is 10.9. The molecule has 1 saturated heterocycles. The van der Waals surface area contributed by atoms with Crippen molar-refractivity contribution in [3.63, 3.8) is 0 Å². The lowest BCUT2D eigenvalue weighted by Gasteiger charge is -2.46. The first kappa shape index (κ1) is 13.5. The molecule has 0 bridgehead atoms. The van der Waals surface area contributed by atoms with Crippen LogP contribution in [-0.4, -0.2) is 24.0 Å². The molecular weight excluding hydrogens is 218 g/mol. The number of nitrogens with zero attached hydrogens (tertiary/aromatic N) is 1. The Balaban J connectivity index is 0.00000128. The van der Waals surface area contributed by atoms with Crippen molar-refractivity contribution in [3.05, 3.63) is 35.9 Å². The molecule has 0 saturated carbocycles. The minimum absolute atomic E-state index is 0. The van der Waals surface area contributed by atoms with Gasteiger partial charge in [0.2, 0.25) is 0 Å². The Kier molecular flexibility index (Phi) is 4.40. The number of hydrogen-bond acceptors (Lipinski definition) is 1. The average Bonchev–Trinajstić information content (AvgIpc) is 2.23. The Morgan fingerprint density at radius 1 is 1.19 bits per heavy atom. The van der Waals surface area contributed by atoms with Gasteiger partial charge in [0.05, 0.1) is 0 Å². The Labute approximate surface area is 105 Å². The molecule has 0 radical (unpaired) electrons. The zero-order valence-electron chi connectivity index (χ0n) is 10.4. The van der Waals surface area contributed by atoms with Gasteiger partial charge in [-0.15, -0.1) is 12.4 Å². The Morgan fingerprint density at radius 3 is 2.44 bits per heavy atom. The van der Waals surface area contributed by atoms with Crippen molar-refractivity contribution in [2.75, 3.05) is 13.6 Å². The first-order valence-corrected chi connectivity index (χ1v) is 5.88. The average molecular weight is 240 g/mol. The van der Waals surface area contributed by atoms with E-state index in [9.17, 15) is 0 Å². The summed E-state index contributed by atoms with van der Waals surface area (Å²) in [5.74, 6) is 0.678. The van der Waals surface area contributed by atoms with Crippen molar-refractivity contribution in [3.8, 4) is 0 Å². The van der Waals surface area contributed by atoms with Crippen molar-refractivity contribution >= 4 is 12.4 Å². The molecule has 1 aliphatic rings. The predicted molar refractivity (Wildman–Crippen MR) is 72.4 cm³/mol. The molecule has 1 aromatic rings. The Bertz CT molecular complexity index is 321. The maximum atomic E-state index is 2.49. The Morgan fingerprint density at radius 2 is 1.81 bits per heavy atom. The van der Waals surface area contributed by atoms with Gasteiger partial charge in [-0.05, 0) is 45.8 Å². The van der Waals surface area contributed by atoms with E-state index in [2.05, 4.69) is 56.1 Å². The SMILES string of the molecule is CN1CCCC(c2ccccc2)C1(C)C.Cl. The van der Waals surface area contributed by atoms with E-state index < -0.39 is 0 Å². The summed E-state index contributed by atoms with van der Waals surface area (Å²) in [5, 5.41) is 0. The smallest absolute Gasteiger partial charge is 0.0218 e. The molecule has 0 spiro atoms. The summed E-state index contributed by atoms with van der Waals surface area (Å²) in [7, 11) is 2.25. The van der Waals surface area contributed by atoms with E-state index >= 15 is 0 Å². The van der Waals surface area contributed by atoms with Crippen LogP contribution in [0.5, 0.6) is 0 Å². The van der Waals surface area contributed by atoms with E-state index in [-0.39, 0.29) is 12.4 Å². The fraction of sp³-hybridized carbons (Fsp3) is 0.571. The zero-order valence-corrected chi connectivity index (χ0v) is 11.3. The van der Waals surface area contributed by atoms with Crippen LogP contribution in [0.15, 0.2) is 30.3 Å². The van der Waals surface area contributed by atoms with Gasteiger partial charge in [-0.2, -0.15) is 0 Å². The second kappa shape index (κ2) is 5.20. The number of piperidine rings is 1. The highest BCUT2D eigenvalue weighted by atomic mass is 35.5. The first-order valence-electron chi connectivity index (χ1n) is 5.88. The second-order valence-corrected chi connectivity index (χ2v) is 5.18. The number of likely N-dealkylation sites (tertiary alicyclic amines) is 1. The summed E-state index contributed by atoms with van der Waals surface area (Å²) >= 11 is 0. The lowest BCUT2D eigenvalue weighted by molar-refractivity contribution is 0.0825. The van der Waals surface area contributed by atoms with Crippen molar-refractivity contribution in [2.45, 2.75) is 38.1 Å². The van der Waals surface area contributed by atoms with Crippen LogP contribution in [0.3, 0.4) is 0 Å². The minimum atomic E-state index is 0. The van der Waals surface area contributed by atoms with E-state index in [4.69, 9.17) is 0 Å². The van der Waals surface area contributed by atoms with Crippen LogP contribution in [0.4, 0.5) is 0 Å². The standard InChI is InChI=1S/C14H21N.ClH/c1-14(2)13(10-7-11-15(14)3)12-8-5-4-6-9-12;/h4-6,8-9,13H,7,10-11H2,1-3H3;1H. The minimum Gasteiger partial charge on any atom is -0.301 e. The molecular formula is C14H22ClN. The molecule has 1 aliphatic heterocycles. The monoisotopic (exact) mass is 239 g/mol. The van der Waals surface area contributed by atoms with Gasteiger partial charge < -0.3 is 4.90 Å². The van der Waals surface area contributed by atoms with Gasteiger partial charge in [0.25, 0.3) is 0 Å². The summed E-state index contributed by atoms with van der Waals surface area (Å²) in [5.41, 5.74) is 1.79. The molecule has 1 nitrogen and oxygen atoms in total. The summed E-state index contributed by atoms with van der Waals surface area (Å²) in [6, 6.07) is 10.9. The highest BCUT2D eigenvalue weighted by Gasteiger charge is 2.36. The third-order valence-corrected chi connectivity index (χ3v) is 4.02. The predicted octanol–water partition coefficient (Wildman–Crippen LogP) is 3.70. The van der Waals surface area contributed by atoms with Crippen molar-refractivity contribution in [1.29, 1.82) is 0 Å². The van der Waals surface area contributed by atoms with Gasteiger partial charge in [-0.1, -0.05) is 30.3 Å². The topological polar surface area (TPSA) is 3.24 Å². The fourth-order valence-electron chi connectivity index (χ4n) is 2.70. The lowest BCUT2D eigenvalue weighted by atomic mass is 9.75. The summed E-state index contributed by atoms with van der Waals surface area (Å²) < 4.78 is 0. The largest absolute Gasteiger partial charge is 0.301 e. The molecule has 1 fully saturated rings. The lowest BCUT2D eigenvalue weighted by Crippen LogP contribution is -2.49. The molecule has 2 heteroatoms. The fourth-order valence-corrected chi connectivity index (χ4v) is 2.70. The highest BCUT2D eigenvalue weighted by molar-refractivity contribution is 5.85. The second-order valence-electron chi connectivity index (χ2n) is 5.18. The van der Waals surface area contributed by atoms with Crippen LogP contribution in [0.25, 0.3) is 0 Å². The van der Waals surface area contributed by atoms with Crippen LogP contribution in [0.2, 0.25) is 0 Å². The van der Waals surface area contributed by atoms with E-state index in [0.717, 1.165) is 0 Å². The number of rotatable bonds is 1. The summed E-state index contributed by atoms with van der Waals surface area (Å²) in [6.45, 7) is 5.96. The molecule has 0 amide bonds. The van der Waals surface area contributed by atoms with Crippen LogP contribution in [0, 0.1) is 0 Å². The number of hydrogen-bond donors (Lipinski definition) is 0. The molecule has 0 aromatic heterocycles. The summed E-state index contributed by atoms with van der Waals surface area (Å²) in [4.78, 5) is 2.49. The van der Waals surface area contributed by atoms with Gasteiger partial charge in [-0.3, -0.25) is 0 Å². The molecule has 16 heavy (non-hydrogen) atoms. The van der Waals surface area contributed by atoms with E-state index in [1.54, 1.807) is 0 Å². The van der Waals surface area contributed by atoms with Crippen LogP contribution >= 0.6 is 12.4 Å². The maximum absolute atomic E-state index is 2.49. The number of benzene rings is 1. The third kappa shape index (κ3) is 2.41. The first-order chi connectivity index (χ1) is 7.12. The van der Waals surface area contributed by atoms with Gasteiger partial charge in [-0.25, -0.2) is 0 Å². The van der Waals surface area contributed by atoms with E-state index in [0.29, 0.717) is 11.5 Å². The normalized spacial score (nSPS) is 24.8. The van der Waals surface area contributed by atoms with Crippen LogP contribution < -0.4 is 0 Å². The molecule has 90 valence electrons. The molecule has 0 aliphatic carbocycles. The van der Waals surface area contributed by atoms with Gasteiger partial charge in [0, 0.05) is 11.5 Å². The molecule has 1 atom stereocenters. The molecule has 2 rings (SSSR count). The van der Waals surface area contributed by atoms with Crippen molar-refractivity contribution < 1.29 is 0 Å². The van der Waals surface area contributed by atoms with Crippen molar-refractivity contribution in [1.82, 2.24) is 4.90 Å². The van der Waals surface area contributed by atoms with Crippen molar-refractivity contribution in [2.24, 2.45) is 0 Å².